The van der Waals surface area contributed by atoms with Gasteiger partial charge in [-0.3, -0.25) is 19.4 Å². The van der Waals surface area contributed by atoms with Crippen LogP contribution in [0.15, 0.2) is 35.4 Å². The van der Waals surface area contributed by atoms with Crippen LogP contribution in [0.5, 0.6) is 0 Å². The number of hydrazine groups is 1. The highest BCUT2D eigenvalue weighted by Gasteiger charge is 2.07. The van der Waals surface area contributed by atoms with Gasteiger partial charge in [0.2, 0.25) is 0 Å². The summed E-state index contributed by atoms with van der Waals surface area (Å²) in [6, 6.07) is 5.02. The zero-order valence-electron chi connectivity index (χ0n) is 10.5. The van der Waals surface area contributed by atoms with Gasteiger partial charge in [0.15, 0.2) is 0 Å². The number of nitrogens with one attached hydrogen (secondary N) is 1. The Kier molecular flexibility index (Phi) is 3.76. The molecule has 0 atom stereocenters. The average molecular weight is 261 g/mol. The summed E-state index contributed by atoms with van der Waals surface area (Å²) in [7, 11) is 0. The number of aromatic nitrogens is 3. The van der Waals surface area contributed by atoms with Crippen LogP contribution in [0.1, 0.15) is 23.1 Å². The van der Waals surface area contributed by atoms with Crippen molar-refractivity contribution in [3.05, 3.63) is 52.5 Å². The Morgan fingerprint density at radius 1 is 1.37 bits per heavy atom. The highest BCUT2D eigenvalue weighted by atomic mass is 16.2. The lowest BCUT2D eigenvalue weighted by molar-refractivity contribution is 0.0948. The molecule has 0 saturated heterocycles. The molecule has 2 heterocycles. The maximum absolute atomic E-state index is 11.9. The van der Waals surface area contributed by atoms with E-state index in [1.807, 2.05) is 12.3 Å². The normalized spacial score (nSPS) is 10.4. The number of hydrogen-bond donors (Lipinski definition) is 2. The summed E-state index contributed by atoms with van der Waals surface area (Å²) in [6.07, 6.45) is 3.42. The molecule has 0 unspecified atom stereocenters. The molecular formula is C12H15N5O2. The van der Waals surface area contributed by atoms with Crippen molar-refractivity contribution < 1.29 is 4.79 Å². The number of pyridine rings is 1. The van der Waals surface area contributed by atoms with Gasteiger partial charge in [-0.15, -0.1) is 0 Å². The van der Waals surface area contributed by atoms with E-state index in [9.17, 15) is 9.59 Å². The van der Waals surface area contributed by atoms with Crippen molar-refractivity contribution in [2.75, 3.05) is 0 Å². The summed E-state index contributed by atoms with van der Waals surface area (Å²) >= 11 is 0. The maximum atomic E-state index is 11.9. The average Bonchev–Trinajstić information content (AvgIpc) is 2.79. The summed E-state index contributed by atoms with van der Waals surface area (Å²) in [6.45, 7) is 2.84. The number of imidazole rings is 1. The van der Waals surface area contributed by atoms with Gasteiger partial charge in [-0.25, -0.2) is 15.6 Å². The van der Waals surface area contributed by atoms with Gasteiger partial charge in [0.1, 0.15) is 5.69 Å². The second kappa shape index (κ2) is 5.49. The van der Waals surface area contributed by atoms with Crippen LogP contribution >= 0.6 is 0 Å². The first-order valence-corrected chi connectivity index (χ1v) is 5.88. The second-order valence-electron chi connectivity index (χ2n) is 3.98. The highest BCUT2D eigenvalue weighted by Crippen LogP contribution is 2.01. The molecule has 0 aliphatic heterocycles. The monoisotopic (exact) mass is 261 g/mol. The number of rotatable bonds is 4. The molecule has 3 N–H and O–H groups in total. The van der Waals surface area contributed by atoms with Crippen LogP contribution in [0.25, 0.3) is 0 Å². The molecule has 100 valence electrons. The van der Waals surface area contributed by atoms with Crippen molar-refractivity contribution in [3.63, 3.8) is 0 Å². The van der Waals surface area contributed by atoms with Crippen LogP contribution < -0.4 is 17.0 Å². The smallest absolute Gasteiger partial charge is 0.300 e. The third-order valence-electron chi connectivity index (χ3n) is 2.76. The van der Waals surface area contributed by atoms with Crippen molar-refractivity contribution in [3.8, 4) is 0 Å². The van der Waals surface area contributed by atoms with Gasteiger partial charge < -0.3 is 0 Å². The number of carbonyl (C=O) groups excluding carboxylic acids is 1. The van der Waals surface area contributed by atoms with Crippen LogP contribution in [0.2, 0.25) is 0 Å². The van der Waals surface area contributed by atoms with Crippen molar-refractivity contribution in [2.24, 2.45) is 5.84 Å². The van der Waals surface area contributed by atoms with Crippen LogP contribution in [0.3, 0.4) is 0 Å². The van der Waals surface area contributed by atoms with E-state index in [0.29, 0.717) is 18.8 Å². The van der Waals surface area contributed by atoms with E-state index in [1.54, 1.807) is 35.2 Å². The number of nitrogens with zero attached hydrogens (tertiary/aromatic N) is 3. The number of amides is 1. The maximum Gasteiger partial charge on any atom is 0.328 e. The van der Waals surface area contributed by atoms with E-state index >= 15 is 0 Å². The third kappa shape index (κ3) is 2.71. The fourth-order valence-corrected chi connectivity index (χ4v) is 1.76. The topological polar surface area (TPSA) is 94.9 Å². The Bertz CT molecular complexity index is 644. The van der Waals surface area contributed by atoms with Crippen molar-refractivity contribution in [1.29, 1.82) is 0 Å². The Balaban J connectivity index is 2.26. The van der Waals surface area contributed by atoms with Crippen LogP contribution in [-0.4, -0.2) is 20.0 Å². The number of hydrogen-bond acceptors (Lipinski definition) is 4. The Hall–Kier alpha value is -2.41. The van der Waals surface area contributed by atoms with Gasteiger partial charge in [-0.2, -0.15) is 0 Å². The van der Waals surface area contributed by atoms with Crippen molar-refractivity contribution >= 4 is 5.91 Å². The molecule has 0 radical (unpaired) electrons. The molecule has 0 spiro atoms. The van der Waals surface area contributed by atoms with Gasteiger partial charge in [0, 0.05) is 18.9 Å². The SMILES string of the molecule is CCn1ccn(Cc2cccc(C(=O)NN)n2)c1=O. The number of carbonyl (C=O) groups is 1. The number of nitrogens with two attached hydrogens (primary N) is 1. The molecule has 0 bridgehead atoms. The number of aryl methyl sites for hydroxylation is 1. The minimum Gasteiger partial charge on any atom is -0.300 e. The second-order valence-corrected chi connectivity index (χ2v) is 3.98. The van der Waals surface area contributed by atoms with Crippen molar-refractivity contribution in [1.82, 2.24) is 19.5 Å². The van der Waals surface area contributed by atoms with Crippen LogP contribution in [0, 0.1) is 0 Å². The third-order valence-corrected chi connectivity index (χ3v) is 2.76. The lowest BCUT2D eigenvalue weighted by atomic mass is 10.3. The molecule has 0 fully saturated rings. The highest BCUT2D eigenvalue weighted by molar-refractivity contribution is 5.91. The van der Waals surface area contributed by atoms with Crippen LogP contribution in [-0.2, 0) is 13.1 Å². The predicted octanol–water partition coefficient (Wildman–Crippen LogP) is -0.284. The molecule has 1 amide bonds. The summed E-state index contributed by atoms with van der Waals surface area (Å²) in [5, 5.41) is 0. The van der Waals surface area contributed by atoms with Crippen LogP contribution in [0.4, 0.5) is 0 Å². The van der Waals surface area contributed by atoms with E-state index < -0.39 is 5.91 Å². The zero-order chi connectivity index (χ0) is 13.8. The molecule has 0 aromatic carbocycles. The molecule has 7 heteroatoms. The first kappa shape index (κ1) is 13.0. The number of nitrogen functional groups attached to an aromatic ring is 1. The molecule has 0 aliphatic carbocycles. The Labute approximate surface area is 109 Å². The van der Waals surface area contributed by atoms with Crippen molar-refractivity contribution in [2.45, 2.75) is 20.0 Å². The summed E-state index contributed by atoms with van der Waals surface area (Å²) in [5.74, 6) is 4.60. The Morgan fingerprint density at radius 2 is 2.11 bits per heavy atom. The standard InChI is InChI=1S/C12H15N5O2/c1-2-16-6-7-17(12(16)19)8-9-4-3-5-10(14-9)11(18)15-13/h3-7H,2,8,13H2,1H3,(H,15,18). The first-order valence-electron chi connectivity index (χ1n) is 5.88. The van der Waals surface area contributed by atoms with E-state index in [1.165, 1.54) is 4.57 Å². The van der Waals surface area contributed by atoms with Gasteiger partial charge >= 0.3 is 5.69 Å². The fourth-order valence-electron chi connectivity index (χ4n) is 1.76. The Morgan fingerprint density at radius 3 is 2.74 bits per heavy atom. The van der Waals surface area contributed by atoms with E-state index in [-0.39, 0.29) is 11.4 Å². The molecule has 19 heavy (non-hydrogen) atoms. The van der Waals surface area contributed by atoms with E-state index in [0.717, 1.165) is 0 Å². The molecule has 7 nitrogen and oxygen atoms in total. The molecule has 0 saturated carbocycles. The molecule has 0 aliphatic rings. The van der Waals surface area contributed by atoms with Gasteiger partial charge in [-0.1, -0.05) is 6.07 Å². The largest absolute Gasteiger partial charge is 0.328 e. The molecule has 2 rings (SSSR count). The van der Waals surface area contributed by atoms with E-state index in [2.05, 4.69) is 4.98 Å². The van der Waals surface area contributed by atoms with Gasteiger partial charge in [0.25, 0.3) is 5.91 Å². The quantitative estimate of drug-likeness (QED) is 0.449. The first-order chi connectivity index (χ1) is 9.15. The minimum absolute atomic E-state index is 0.0991. The molecule has 2 aromatic rings. The predicted molar refractivity (Wildman–Crippen MR) is 69.4 cm³/mol. The fraction of sp³-hybridized carbons (Fsp3) is 0.250. The molecular weight excluding hydrogens is 246 g/mol. The lowest BCUT2D eigenvalue weighted by Gasteiger charge is -2.04. The summed E-state index contributed by atoms with van der Waals surface area (Å²) in [5.41, 5.74) is 2.77. The van der Waals surface area contributed by atoms with Gasteiger partial charge in [-0.05, 0) is 19.1 Å². The minimum atomic E-state index is -0.458. The van der Waals surface area contributed by atoms with Gasteiger partial charge in [0.05, 0.1) is 12.2 Å². The summed E-state index contributed by atoms with van der Waals surface area (Å²) < 4.78 is 3.13. The molecule has 2 aromatic heterocycles. The zero-order valence-corrected chi connectivity index (χ0v) is 10.5. The lowest BCUT2D eigenvalue weighted by Crippen LogP contribution is -2.31. The summed E-state index contributed by atoms with van der Waals surface area (Å²) in [4.78, 5) is 27.4. The van der Waals surface area contributed by atoms with E-state index in [4.69, 9.17) is 5.84 Å².